The summed E-state index contributed by atoms with van der Waals surface area (Å²) >= 11 is 1.25. The van der Waals surface area contributed by atoms with Gasteiger partial charge in [0.05, 0.1) is 0 Å². The summed E-state index contributed by atoms with van der Waals surface area (Å²) in [7, 11) is -3.35. The van der Waals surface area contributed by atoms with Crippen molar-refractivity contribution in [3.05, 3.63) is 53.2 Å². The Morgan fingerprint density at radius 3 is 2.43 bits per heavy atom. The van der Waals surface area contributed by atoms with Crippen LogP contribution in [-0.4, -0.2) is 50.3 Å². The van der Waals surface area contributed by atoms with Crippen LogP contribution in [-0.2, 0) is 16.4 Å². The molecule has 0 aliphatic carbocycles. The molecule has 0 atom stereocenters. The minimum Gasteiger partial charge on any atom is -0.300 e. The number of rotatable bonds is 5. The summed E-state index contributed by atoms with van der Waals surface area (Å²) < 4.78 is 40.4. The van der Waals surface area contributed by atoms with Gasteiger partial charge in [0, 0.05) is 32.7 Å². The Hall–Kier alpha value is -1.28. The van der Waals surface area contributed by atoms with Crippen molar-refractivity contribution < 1.29 is 12.8 Å². The number of hydrogen-bond acceptors (Lipinski definition) is 4. The molecule has 1 aliphatic heterocycles. The van der Waals surface area contributed by atoms with Gasteiger partial charge in [-0.2, -0.15) is 4.31 Å². The second-order valence-electron chi connectivity index (χ2n) is 5.52. The lowest BCUT2D eigenvalue weighted by molar-refractivity contribution is 0.190. The van der Waals surface area contributed by atoms with E-state index < -0.39 is 10.0 Å². The summed E-state index contributed by atoms with van der Waals surface area (Å²) in [4.78, 5) is 2.19. The Morgan fingerprint density at radius 1 is 1.04 bits per heavy atom. The molecule has 23 heavy (non-hydrogen) atoms. The fourth-order valence-corrected chi connectivity index (χ4v) is 5.28. The average molecular weight is 354 g/mol. The average Bonchev–Trinajstić information content (AvgIpc) is 3.10. The molecular formula is C16H19FN2O2S2. The molecule has 1 aliphatic rings. The van der Waals surface area contributed by atoms with Gasteiger partial charge in [0.2, 0.25) is 0 Å². The Balaban J connectivity index is 1.54. The van der Waals surface area contributed by atoms with Crippen LogP contribution in [0.25, 0.3) is 0 Å². The van der Waals surface area contributed by atoms with Crippen LogP contribution in [0.15, 0.2) is 46.0 Å². The van der Waals surface area contributed by atoms with Crippen LogP contribution in [0.1, 0.15) is 5.56 Å². The normalized spacial score (nSPS) is 17.4. The van der Waals surface area contributed by atoms with E-state index in [1.807, 2.05) is 6.07 Å². The second kappa shape index (κ2) is 7.09. The molecule has 1 fully saturated rings. The van der Waals surface area contributed by atoms with Crippen molar-refractivity contribution in [2.24, 2.45) is 0 Å². The maximum absolute atomic E-state index is 13.6. The van der Waals surface area contributed by atoms with E-state index in [1.165, 1.54) is 17.4 Å². The molecule has 7 heteroatoms. The lowest BCUT2D eigenvalue weighted by atomic mass is 10.1. The molecule has 0 amide bonds. The van der Waals surface area contributed by atoms with Crippen LogP contribution < -0.4 is 0 Å². The van der Waals surface area contributed by atoms with E-state index in [4.69, 9.17) is 0 Å². The summed E-state index contributed by atoms with van der Waals surface area (Å²) in [6, 6.07) is 10.2. The molecule has 2 aromatic rings. The molecule has 0 saturated carbocycles. The maximum Gasteiger partial charge on any atom is 0.252 e. The number of piperazine rings is 1. The monoisotopic (exact) mass is 354 g/mol. The maximum atomic E-state index is 13.6. The number of thiophene rings is 1. The zero-order chi connectivity index (χ0) is 16.3. The zero-order valence-electron chi connectivity index (χ0n) is 12.7. The van der Waals surface area contributed by atoms with Gasteiger partial charge in [-0.15, -0.1) is 11.3 Å². The van der Waals surface area contributed by atoms with Gasteiger partial charge in [-0.3, -0.25) is 0 Å². The Labute approximate surface area is 140 Å². The van der Waals surface area contributed by atoms with Gasteiger partial charge in [-0.05, 0) is 29.5 Å². The molecule has 2 heterocycles. The van der Waals surface area contributed by atoms with Crippen LogP contribution in [0.5, 0.6) is 0 Å². The number of benzene rings is 1. The summed E-state index contributed by atoms with van der Waals surface area (Å²) in [5, 5.41) is 1.78. The molecule has 1 saturated heterocycles. The summed E-state index contributed by atoms with van der Waals surface area (Å²) in [6.45, 7) is 3.07. The van der Waals surface area contributed by atoms with Crippen LogP contribution >= 0.6 is 11.3 Å². The topological polar surface area (TPSA) is 40.6 Å². The van der Waals surface area contributed by atoms with Crippen LogP contribution in [0.4, 0.5) is 4.39 Å². The number of hydrogen-bond donors (Lipinski definition) is 0. The minimum atomic E-state index is -3.35. The van der Waals surface area contributed by atoms with Gasteiger partial charge in [-0.25, -0.2) is 12.8 Å². The largest absolute Gasteiger partial charge is 0.300 e. The Morgan fingerprint density at radius 2 is 1.78 bits per heavy atom. The first kappa shape index (κ1) is 16.6. The summed E-state index contributed by atoms with van der Waals surface area (Å²) in [5.74, 6) is -0.175. The summed E-state index contributed by atoms with van der Waals surface area (Å²) in [5.41, 5.74) is 0.709. The molecule has 0 spiro atoms. The fourth-order valence-electron chi connectivity index (χ4n) is 2.71. The van der Waals surface area contributed by atoms with Gasteiger partial charge in [0.25, 0.3) is 10.0 Å². The third-order valence-corrected chi connectivity index (χ3v) is 7.35. The highest BCUT2D eigenvalue weighted by molar-refractivity contribution is 7.91. The predicted octanol–water partition coefficient (Wildman–Crippen LogP) is 2.44. The standard InChI is InChI=1S/C16H19FN2O2S2/c17-15-5-2-1-4-14(15)7-8-18-9-11-19(12-10-18)23(20,21)16-6-3-13-22-16/h1-6,13H,7-12H2. The first-order valence-corrected chi connectivity index (χ1v) is 9.89. The fraction of sp³-hybridized carbons (Fsp3) is 0.375. The van der Waals surface area contributed by atoms with E-state index in [2.05, 4.69) is 4.90 Å². The molecular weight excluding hydrogens is 335 g/mol. The Bertz CT molecular complexity index is 739. The third kappa shape index (κ3) is 3.80. The molecule has 124 valence electrons. The highest BCUT2D eigenvalue weighted by Crippen LogP contribution is 2.22. The first-order chi connectivity index (χ1) is 11.1. The van der Waals surface area contributed by atoms with Crippen LogP contribution in [0, 0.1) is 5.82 Å². The van der Waals surface area contributed by atoms with Crippen molar-refractivity contribution in [3.8, 4) is 0 Å². The van der Waals surface area contributed by atoms with E-state index in [0.717, 1.165) is 6.54 Å². The predicted molar refractivity (Wildman–Crippen MR) is 89.6 cm³/mol. The first-order valence-electron chi connectivity index (χ1n) is 7.57. The van der Waals surface area contributed by atoms with Gasteiger partial charge >= 0.3 is 0 Å². The zero-order valence-corrected chi connectivity index (χ0v) is 14.3. The SMILES string of the molecule is O=S(=O)(c1cccs1)N1CCN(CCc2ccccc2F)CC1. The third-order valence-electron chi connectivity index (χ3n) is 4.08. The highest BCUT2D eigenvalue weighted by Gasteiger charge is 2.28. The number of nitrogens with zero attached hydrogens (tertiary/aromatic N) is 2. The lowest BCUT2D eigenvalue weighted by Gasteiger charge is -2.33. The van der Waals surface area contributed by atoms with Crippen LogP contribution in [0.3, 0.4) is 0 Å². The molecule has 1 aromatic carbocycles. The van der Waals surface area contributed by atoms with E-state index in [9.17, 15) is 12.8 Å². The Kier molecular flexibility index (Phi) is 5.11. The highest BCUT2D eigenvalue weighted by atomic mass is 32.2. The van der Waals surface area contributed by atoms with Gasteiger partial charge in [0.1, 0.15) is 10.0 Å². The quantitative estimate of drug-likeness (QED) is 0.828. The number of sulfonamides is 1. The molecule has 4 nitrogen and oxygen atoms in total. The van der Waals surface area contributed by atoms with Gasteiger partial charge in [0.15, 0.2) is 0 Å². The van der Waals surface area contributed by atoms with E-state index in [-0.39, 0.29) is 5.82 Å². The molecule has 0 bridgehead atoms. The van der Waals surface area contributed by atoms with Crippen molar-refractivity contribution in [2.45, 2.75) is 10.6 Å². The van der Waals surface area contributed by atoms with E-state index in [0.29, 0.717) is 42.4 Å². The number of halogens is 1. The summed E-state index contributed by atoms with van der Waals surface area (Å²) in [6.07, 6.45) is 0.643. The van der Waals surface area contributed by atoms with Crippen molar-refractivity contribution in [2.75, 3.05) is 32.7 Å². The molecule has 0 unspecified atom stereocenters. The smallest absolute Gasteiger partial charge is 0.252 e. The molecule has 0 N–H and O–H groups in total. The minimum absolute atomic E-state index is 0.175. The van der Waals surface area contributed by atoms with E-state index >= 15 is 0 Å². The molecule has 0 radical (unpaired) electrons. The van der Waals surface area contributed by atoms with Gasteiger partial charge in [-0.1, -0.05) is 24.3 Å². The van der Waals surface area contributed by atoms with Crippen molar-refractivity contribution >= 4 is 21.4 Å². The van der Waals surface area contributed by atoms with Crippen molar-refractivity contribution in [1.29, 1.82) is 0 Å². The molecule has 3 rings (SSSR count). The lowest BCUT2D eigenvalue weighted by Crippen LogP contribution is -2.48. The molecule has 1 aromatic heterocycles. The van der Waals surface area contributed by atoms with Gasteiger partial charge < -0.3 is 4.90 Å². The van der Waals surface area contributed by atoms with E-state index in [1.54, 1.807) is 34.0 Å². The second-order valence-corrected chi connectivity index (χ2v) is 8.63. The van der Waals surface area contributed by atoms with Crippen molar-refractivity contribution in [3.63, 3.8) is 0 Å². The van der Waals surface area contributed by atoms with Crippen molar-refractivity contribution in [1.82, 2.24) is 9.21 Å². The van der Waals surface area contributed by atoms with Crippen LogP contribution in [0.2, 0.25) is 0 Å².